The van der Waals surface area contributed by atoms with Gasteiger partial charge < -0.3 is 10.5 Å². The molecule has 0 aliphatic carbocycles. The Hall–Kier alpha value is -1.40. The van der Waals surface area contributed by atoms with E-state index in [4.69, 9.17) is 10.5 Å². The van der Waals surface area contributed by atoms with Crippen LogP contribution in [0.3, 0.4) is 0 Å². The summed E-state index contributed by atoms with van der Waals surface area (Å²) in [5.74, 6) is -0.00507. The first-order valence-corrected chi connectivity index (χ1v) is 7.15. The van der Waals surface area contributed by atoms with Crippen LogP contribution in [0.5, 0.6) is 5.75 Å². The lowest BCUT2D eigenvalue weighted by Crippen LogP contribution is -2.04. The first kappa shape index (κ1) is 14.7. The second kappa shape index (κ2) is 6.51. The molecule has 0 saturated carbocycles. The summed E-state index contributed by atoms with van der Waals surface area (Å²) in [7, 11) is -3.21. The van der Waals surface area contributed by atoms with Crippen LogP contribution >= 0.6 is 0 Å². The molecule has 18 heavy (non-hydrogen) atoms. The predicted molar refractivity (Wildman–Crippen MR) is 67.9 cm³/mol. The Morgan fingerprint density at radius 2 is 2.00 bits per heavy atom. The van der Waals surface area contributed by atoms with E-state index in [-0.39, 0.29) is 23.8 Å². The third kappa shape index (κ3) is 4.12. The molecule has 0 saturated heterocycles. The molecule has 1 aromatic carbocycles. The van der Waals surface area contributed by atoms with Crippen molar-refractivity contribution in [3.63, 3.8) is 0 Å². The van der Waals surface area contributed by atoms with Gasteiger partial charge in [0.05, 0.1) is 10.6 Å². The summed E-state index contributed by atoms with van der Waals surface area (Å²) < 4.78 is 41.2. The highest BCUT2D eigenvalue weighted by Gasteiger charge is 2.10. The monoisotopic (exact) mass is 273 g/mol. The summed E-state index contributed by atoms with van der Waals surface area (Å²) in [5.41, 5.74) is 5.14. The van der Waals surface area contributed by atoms with Crippen molar-refractivity contribution in [3.8, 4) is 5.75 Å². The van der Waals surface area contributed by atoms with Crippen LogP contribution in [0, 0.1) is 0 Å². The molecule has 0 spiro atoms. The van der Waals surface area contributed by atoms with E-state index in [1.165, 1.54) is 30.3 Å². The molecule has 0 bridgehead atoms. The standard InChI is InChI=1S/C12H16FNO3S/c1-2-18(15,16)12-5-3-11(4-6-12)17-9-10(13)7-8-14/h3-7H,2,8-9,14H2,1H3/b10-7-. The zero-order valence-corrected chi connectivity index (χ0v) is 10.9. The zero-order chi connectivity index (χ0) is 13.6. The highest BCUT2D eigenvalue weighted by atomic mass is 32.2. The largest absolute Gasteiger partial charge is 0.487 e. The number of hydrogen-bond acceptors (Lipinski definition) is 4. The predicted octanol–water partition coefficient (Wildman–Crippen LogP) is 1.67. The first-order valence-electron chi connectivity index (χ1n) is 5.50. The van der Waals surface area contributed by atoms with Gasteiger partial charge in [0, 0.05) is 6.54 Å². The fourth-order valence-electron chi connectivity index (χ4n) is 1.25. The Bertz CT molecular complexity index is 509. The van der Waals surface area contributed by atoms with E-state index < -0.39 is 15.7 Å². The Balaban J connectivity index is 2.70. The van der Waals surface area contributed by atoms with Crippen LogP contribution < -0.4 is 10.5 Å². The SMILES string of the molecule is CCS(=O)(=O)c1ccc(OC/C(F)=C/CN)cc1. The molecule has 1 aromatic rings. The van der Waals surface area contributed by atoms with Crippen molar-refractivity contribution in [2.75, 3.05) is 18.9 Å². The third-order valence-electron chi connectivity index (χ3n) is 2.28. The maximum atomic E-state index is 13.0. The Labute approximate surface area is 106 Å². The minimum Gasteiger partial charge on any atom is -0.487 e. The molecule has 0 radical (unpaired) electrons. The van der Waals surface area contributed by atoms with Crippen molar-refractivity contribution >= 4 is 9.84 Å². The molecule has 6 heteroatoms. The summed E-state index contributed by atoms with van der Waals surface area (Å²) in [6, 6.07) is 5.88. The molecule has 2 N–H and O–H groups in total. The molecule has 0 aliphatic heterocycles. The molecular weight excluding hydrogens is 257 g/mol. The molecule has 0 fully saturated rings. The molecule has 0 aromatic heterocycles. The fourth-order valence-corrected chi connectivity index (χ4v) is 2.13. The summed E-state index contributed by atoms with van der Waals surface area (Å²) in [4.78, 5) is 0.232. The van der Waals surface area contributed by atoms with E-state index in [9.17, 15) is 12.8 Å². The number of halogens is 1. The second-order valence-electron chi connectivity index (χ2n) is 3.55. The lowest BCUT2D eigenvalue weighted by atomic mass is 10.3. The van der Waals surface area contributed by atoms with Gasteiger partial charge in [-0.05, 0) is 30.3 Å². The topological polar surface area (TPSA) is 69.4 Å². The second-order valence-corrected chi connectivity index (χ2v) is 5.83. The van der Waals surface area contributed by atoms with E-state index in [1.807, 2.05) is 0 Å². The van der Waals surface area contributed by atoms with Gasteiger partial charge in [0.1, 0.15) is 18.2 Å². The van der Waals surface area contributed by atoms with Crippen molar-refractivity contribution in [1.29, 1.82) is 0 Å². The number of rotatable bonds is 6. The van der Waals surface area contributed by atoms with Crippen LogP contribution in [0.4, 0.5) is 4.39 Å². The number of benzene rings is 1. The normalized spacial score (nSPS) is 12.5. The van der Waals surface area contributed by atoms with Crippen LogP contribution in [0.25, 0.3) is 0 Å². The van der Waals surface area contributed by atoms with Crippen molar-refractivity contribution in [2.24, 2.45) is 5.73 Å². The molecule has 0 unspecified atom stereocenters. The third-order valence-corrected chi connectivity index (χ3v) is 4.03. The number of sulfone groups is 1. The zero-order valence-electron chi connectivity index (χ0n) is 10.1. The molecule has 0 atom stereocenters. The van der Waals surface area contributed by atoms with E-state index in [1.54, 1.807) is 6.92 Å². The lowest BCUT2D eigenvalue weighted by Gasteiger charge is -2.06. The van der Waals surface area contributed by atoms with Gasteiger partial charge in [-0.15, -0.1) is 0 Å². The fraction of sp³-hybridized carbons (Fsp3) is 0.333. The molecule has 1 rings (SSSR count). The van der Waals surface area contributed by atoms with Crippen LogP contribution in [-0.4, -0.2) is 27.3 Å². The summed E-state index contributed by atoms with van der Waals surface area (Å²) in [6.07, 6.45) is 1.22. The van der Waals surface area contributed by atoms with Crippen molar-refractivity contribution in [2.45, 2.75) is 11.8 Å². The molecule has 0 heterocycles. The number of ether oxygens (including phenoxy) is 1. The van der Waals surface area contributed by atoms with Crippen LogP contribution in [0.2, 0.25) is 0 Å². The smallest absolute Gasteiger partial charge is 0.178 e. The van der Waals surface area contributed by atoms with Crippen molar-refractivity contribution in [3.05, 3.63) is 36.2 Å². The Kier molecular flexibility index (Phi) is 5.30. The maximum Gasteiger partial charge on any atom is 0.178 e. The lowest BCUT2D eigenvalue weighted by molar-refractivity contribution is 0.318. The number of nitrogens with two attached hydrogens (primary N) is 1. The summed E-state index contributed by atoms with van der Waals surface area (Å²) in [6.45, 7) is 1.48. The van der Waals surface area contributed by atoms with Gasteiger partial charge in [-0.1, -0.05) is 6.92 Å². The maximum absolute atomic E-state index is 13.0. The van der Waals surface area contributed by atoms with Gasteiger partial charge >= 0.3 is 0 Å². The molecule has 0 amide bonds. The van der Waals surface area contributed by atoms with Crippen LogP contribution in [-0.2, 0) is 9.84 Å². The van der Waals surface area contributed by atoms with E-state index in [0.717, 1.165) is 0 Å². The van der Waals surface area contributed by atoms with E-state index in [2.05, 4.69) is 0 Å². The van der Waals surface area contributed by atoms with Crippen LogP contribution in [0.1, 0.15) is 6.92 Å². The van der Waals surface area contributed by atoms with Gasteiger partial charge in [-0.2, -0.15) is 0 Å². The van der Waals surface area contributed by atoms with Crippen LogP contribution in [0.15, 0.2) is 41.1 Å². The Morgan fingerprint density at radius 1 is 1.39 bits per heavy atom. The minimum atomic E-state index is -3.21. The molecule has 4 nitrogen and oxygen atoms in total. The quantitative estimate of drug-likeness (QED) is 0.856. The average molecular weight is 273 g/mol. The summed E-state index contributed by atoms with van der Waals surface area (Å²) in [5, 5.41) is 0. The van der Waals surface area contributed by atoms with E-state index in [0.29, 0.717) is 5.75 Å². The van der Waals surface area contributed by atoms with Crippen molar-refractivity contribution < 1.29 is 17.5 Å². The van der Waals surface area contributed by atoms with Gasteiger partial charge in [0.25, 0.3) is 0 Å². The van der Waals surface area contributed by atoms with Gasteiger partial charge in [-0.3, -0.25) is 0 Å². The minimum absolute atomic E-state index is 0.0427. The van der Waals surface area contributed by atoms with Crippen molar-refractivity contribution in [1.82, 2.24) is 0 Å². The first-order chi connectivity index (χ1) is 8.49. The molecule has 0 aliphatic rings. The van der Waals surface area contributed by atoms with Gasteiger partial charge in [-0.25, -0.2) is 12.8 Å². The highest BCUT2D eigenvalue weighted by molar-refractivity contribution is 7.91. The van der Waals surface area contributed by atoms with Gasteiger partial charge in [0.2, 0.25) is 0 Å². The summed E-state index contributed by atoms with van der Waals surface area (Å²) >= 11 is 0. The average Bonchev–Trinajstić information content (AvgIpc) is 2.37. The highest BCUT2D eigenvalue weighted by Crippen LogP contribution is 2.17. The molecular formula is C12H16FNO3S. The Morgan fingerprint density at radius 3 is 2.50 bits per heavy atom. The van der Waals surface area contributed by atoms with Gasteiger partial charge in [0.15, 0.2) is 9.84 Å². The van der Waals surface area contributed by atoms with E-state index >= 15 is 0 Å². The molecule has 100 valence electrons. The number of hydrogen-bond donors (Lipinski definition) is 1.